The van der Waals surface area contributed by atoms with E-state index in [1.807, 2.05) is 18.2 Å². The van der Waals surface area contributed by atoms with Crippen molar-refractivity contribution in [2.75, 3.05) is 0 Å². The van der Waals surface area contributed by atoms with Gasteiger partial charge in [0, 0.05) is 0 Å². The van der Waals surface area contributed by atoms with E-state index in [1.165, 1.54) is 6.42 Å². The van der Waals surface area contributed by atoms with Crippen molar-refractivity contribution in [3.63, 3.8) is 0 Å². The molecular weight excluding hydrogens is 168 g/mol. The van der Waals surface area contributed by atoms with E-state index in [1.54, 1.807) is 0 Å². The van der Waals surface area contributed by atoms with Crippen LogP contribution in [0.4, 0.5) is 0 Å². The summed E-state index contributed by atoms with van der Waals surface area (Å²) in [5.41, 5.74) is 0. The normalized spacial score (nSPS) is 18.3. The molecule has 1 radical (unpaired) electrons. The van der Waals surface area contributed by atoms with Crippen LogP contribution in [0.1, 0.15) is 25.7 Å². The van der Waals surface area contributed by atoms with Crippen LogP contribution in [0.2, 0.25) is 0 Å². The fourth-order valence-corrected chi connectivity index (χ4v) is 1.17. The molecule has 0 aliphatic heterocycles. The Hall–Kier alpha value is -1.30. The smallest absolute Gasteiger partial charge is 0.0163 e. The third-order valence-corrected chi connectivity index (χ3v) is 1.94. The van der Waals surface area contributed by atoms with Crippen molar-refractivity contribution in [2.45, 2.75) is 25.7 Å². The minimum absolute atomic E-state index is 0.992. The second-order valence-electron chi connectivity index (χ2n) is 3.19. The molecule has 0 fully saturated rings. The summed E-state index contributed by atoms with van der Waals surface area (Å²) < 4.78 is 0. The molecule has 0 atom stereocenters. The van der Waals surface area contributed by atoms with Gasteiger partial charge in [-0.1, -0.05) is 54.7 Å². The van der Waals surface area contributed by atoms with Crippen molar-refractivity contribution in [3.8, 4) is 0 Å². The van der Waals surface area contributed by atoms with Gasteiger partial charge in [0.1, 0.15) is 0 Å². The third-order valence-electron chi connectivity index (χ3n) is 1.94. The monoisotopic (exact) mass is 185 g/mol. The molecule has 0 heteroatoms. The Morgan fingerprint density at radius 3 is 2.57 bits per heavy atom. The lowest BCUT2D eigenvalue weighted by atomic mass is 10.2. The van der Waals surface area contributed by atoms with E-state index in [0.717, 1.165) is 19.3 Å². The van der Waals surface area contributed by atoms with E-state index >= 15 is 0 Å². The number of rotatable bonds is 0. The summed E-state index contributed by atoms with van der Waals surface area (Å²) in [5.74, 6) is 0. The molecule has 0 aromatic rings. The number of hydrogen-bond donors (Lipinski definition) is 0. The van der Waals surface area contributed by atoms with Crippen molar-refractivity contribution in [3.05, 3.63) is 60.8 Å². The first kappa shape index (κ1) is 10.8. The van der Waals surface area contributed by atoms with Crippen LogP contribution in [0.25, 0.3) is 0 Å². The van der Waals surface area contributed by atoms with Crippen LogP contribution in [0.3, 0.4) is 0 Å². The Morgan fingerprint density at radius 2 is 1.57 bits per heavy atom. The van der Waals surface area contributed by atoms with Gasteiger partial charge in [-0.15, -0.1) is 0 Å². The molecule has 0 unspecified atom stereocenters. The largest absolute Gasteiger partial charge is 0.0845 e. The number of hydrogen-bond acceptors (Lipinski definition) is 0. The molecule has 1 rings (SSSR count). The lowest BCUT2D eigenvalue weighted by Crippen LogP contribution is -1.69. The topological polar surface area (TPSA) is 0 Å². The molecule has 0 N–H and O–H groups in total. The fraction of sp³-hybridized carbons (Fsp3) is 0.286. The minimum Gasteiger partial charge on any atom is -0.0845 e. The van der Waals surface area contributed by atoms with Gasteiger partial charge < -0.3 is 0 Å². The molecule has 0 saturated carbocycles. The quantitative estimate of drug-likeness (QED) is 0.532. The Balaban J connectivity index is 2.45. The summed E-state index contributed by atoms with van der Waals surface area (Å²) in [6.45, 7) is 0. The Bertz CT molecular complexity index is 262. The van der Waals surface area contributed by atoms with Gasteiger partial charge in [0.15, 0.2) is 0 Å². The molecule has 0 spiro atoms. The first-order valence-electron chi connectivity index (χ1n) is 5.21. The first-order chi connectivity index (χ1) is 7.00. The summed E-state index contributed by atoms with van der Waals surface area (Å²) >= 11 is 0. The van der Waals surface area contributed by atoms with Crippen LogP contribution in [0, 0.1) is 6.08 Å². The Labute approximate surface area is 87.0 Å². The summed E-state index contributed by atoms with van der Waals surface area (Å²) in [6.07, 6.45) is 26.5. The molecule has 73 valence electrons. The van der Waals surface area contributed by atoms with Crippen LogP contribution >= 0.6 is 0 Å². The molecule has 0 nitrogen and oxygen atoms in total. The fourth-order valence-electron chi connectivity index (χ4n) is 1.17. The van der Waals surface area contributed by atoms with Gasteiger partial charge in [0.25, 0.3) is 0 Å². The van der Waals surface area contributed by atoms with E-state index in [0.29, 0.717) is 0 Å². The maximum atomic E-state index is 3.10. The lowest BCUT2D eigenvalue weighted by molar-refractivity contribution is 0.868. The number of allylic oxidation sites excluding steroid dienone is 10. The Kier molecular flexibility index (Phi) is 6.39. The summed E-state index contributed by atoms with van der Waals surface area (Å²) in [6, 6.07) is 0. The average molecular weight is 185 g/mol. The molecule has 0 heterocycles. The maximum Gasteiger partial charge on any atom is -0.0163 e. The molecule has 0 aromatic carbocycles. The van der Waals surface area contributed by atoms with Crippen LogP contribution in [-0.4, -0.2) is 0 Å². The average Bonchev–Trinajstić information content (AvgIpc) is 2.22. The summed E-state index contributed by atoms with van der Waals surface area (Å²) in [7, 11) is 0. The predicted molar refractivity (Wildman–Crippen MR) is 62.8 cm³/mol. The zero-order valence-electron chi connectivity index (χ0n) is 8.52. The van der Waals surface area contributed by atoms with E-state index in [-0.39, 0.29) is 0 Å². The van der Waals surface area contributed by atoms with Crippen LogP contribution in [0.15, 0.2) is 54.7 Å². The lowest BCUT2D eigenvalue weighted by Gasteiger charge is -1.88. The van der Waals surface area contributed by atoms with Gasteiger partial charge in [-0.05, 0) is 31.8 Å². The van der Waals surface area contributed by atoms with Crippen molar-refractivity contribution in [1.82, 2.24) is 0 Å². The van der Waals surface area contributed by atoms with Crippen molar-refractivity contribution in [1.29, 1.82) is 0 Å². The zero-order valence-corrected chi connectivity index (χ0v) is 8.52. The van der Waals surface area contributed by atoms with E-state index < -0.39 is 0 Å². The molecule has 14 heavy (non-hydrogen) atoms. The standard InChI is InChI=1S/C14H17/c1-2-4-6-8-10-12-14-13-11-9-7-5-3-1/h1-4,7,9,11-12,14H,5-6,8,10H2. The van der Waals surface area contributed by atoms with Crippen molar-refractivity contribution >= 4 is 0 Å². The second kappa shape index (κ2) is 8.31. The Morgan fingerprint density at radius 1 is 0.786 bits per heavy atom. The molecule has 0 aromatic heterocycles. The van der Waals surface area contributed by atoms with Crippen LogP contribution < -0.4 is 0 Å². The van der Waals surface area contributed by atoms with Gasteiger partial charge in [-0.3, -0.25) is 0 Å². The minimum atomic E-state index is 0.992. The molecule has 0 amide bonds. The van der Waals surface area contributed by atoms with E-state index in [9.17, 15) is 0 Å². The van der Waals surface area contributed by atoms with Gasteiger partial charge >= 0.3 is 0 Å². The van der Waals surface area contributed by atoms with Crippen LogP contribution in [0.5, 0.6) is 0 Å². The molecular formula is C14H17. The van der Waals surface area contributed by atoms with Gasteiger partial charge in [-0.2, -0.15) is 0 Å². The first-order valence-corrected chi connectivity index (χ1v) is 5.21. The maximum absolute atomic E-state index is 3.10. The van der Waals surface area contributed by atoms with E-state index in [2.05, 4.69) is 42.5 Å². The van der Waals surface area contributed by atoms with Crippen molar-refractivity contribution in [2.24, 2.45) is 0 Å². The molecule has 1 aliphatic carbocycles. The zero-order chi connectivity index (χ0) is 9.90. The highest BCUT2D eigenvalue weighted by Crippen LogP contribution is 1.99. The molecule has 1 aliphatic rings. The highest BCUT2D eigenvalue weighted by atomic mass is 13.9. The molecule has 0 bridgehead atoms. The van der Waals surface area contributed by atoms with Gasteiger partial charge in [0.05, 0.1) is 0 Å². The predicted octanol–water partition coefficient (Wildman–Crippen LogP) is 4.14. The highest BCUT2D eigenvalue weighted by Gasteiger charge is 1.79. The summed E-state index contributed by atoms with van der Waals surface area (Å²) in [5, 5.41) is 0. The third kappa shape index (κ3) is 6.24. The second-order valence-corrected chi connectivity index (χ2v) is 3.19. The van der Waals surface area contributed by atoms with E-state index in [4.69, 9.17) is 0 Å². The SMILES string of the molecule is [C]1=CC=CCC=CC=CCCCC=C1. The van der Waals surface area contributed by atoms with Crippen molar-refractivity contribution < 1.29 is 0 Å². The van der Waals surface area contributed by atoms with Crippen LogP contribution in [-0.2, 0) is 0 Å². The summed E-state index contributed by atoms with van der Waals surface area (Å²) in [4.78, 5) is 0. The highest BCUT2D eigenvalue weighted by molar-refractivity contribution is 5.10. The van der Waals surface area contributed by atoms with Gasteiger partial charge in [0.2, 0.25) is 0 Å². The van der Waals surface area contributed by atoms with Gasteiger partial charge in [-0.25, -0.2) is 0 Å². The molecule has 0 saturated heterocycles.